The van der Waals surface area contributed by atoms with Gasteiger partial charge in [0.2, 0.25) is 0 Å². The molecular formula is C13H30N2. The van der Waals surface area contributed by atoms with Gasteiger partial charge >= 0.3 is 0 Å². The first-order chi connectivity index (χ1) is 7.07. The van der Waals surface area contributed by atoms with Crippen LogP contribution in [0.3, 0.4) is 0 Å². The van der Waals surface area contributed by atoms with Crippen LogP contribution in [-0.2, 0) is 0 Å². The summed E-state index contributed by atoms with van der Waals surface area (Å²) in [4.78, 5) is 2.60. The quantitative estimate of drug-likeness (QED) is 0.594. The lowest BCUT2D eigenvalue weighted by atomic mass is 10.1. The van der Waals surface area contributed by atoms with E-state index in [1.54, 1.807) is 0 Å². The summed E-state index contributed by atoms with van der Waals surface area (Å²) in [7, 11) is 2.03. The average Bonchev–Trinajstić information content (AvgIpc) is 2.15. The zero-order valence-corrected chi connectivity index (χ0v) is 11.3. The molecule has 0 amide bonds. The summed E-state index contributed by atoms with van der Waals surface area (Å²) in [6.45, 7) is 12.9. The van der Waals surface area contributed by atoms with E-state index in [9.17, 15) is 0 Å². The summed E-state index contributed by atoms with van der Waals surface area (Å²) in [5.41, 5.74) is 0. The van der Waals surface area contributed by atoms with E-state index in [2.05, 4.69) is 37.9 Å². The molecule has 2 nitrogen and oxygen atoms in total. The summed E-state index contributed by atoms with van der Waals surface area (Å²) >= 11 is 0. The van der Waals surface area contributed by atoms with Crippen LogP contribution in [0.2, 0.25) is 0 Å². The van der Waals surface area contributed by atoms with Crippen molar-refractivity contribution in [2.24, 2.45) is 5.92 Å². The highest BCUT2D eigenvalue weighted by molar-refractivity contribution is 4.64. The van der Waals surface area contributed by atoms with Crippen molar-refractivity contribution in [1.82, 2.24) is 10.2 Å². The number of hydrogen-bond acceptors (Lipinski definition) is 2. The van der Waals surface area contributed by atoms with E-state index in [4.69, 9.17) is 0 Å². The van der Waals surface area contributed by atoms with Crippen LogP contribution in [-0.4, -0.2) is 37.6 Å². The van der Waals surface area contributed by atoms with Gasteiger partial charge in [0.25, 0.3) is 0 Å². The number of nitrogens with zero attached hydrogens (tertiary/aromatic N) is 1. The number of hydrogen-bond donors (Lipinski definition) is 1. The van der Waals surface area contributed by atoms with Gasteiger partial charge in [-0.25, -0.2) is 0 Å². The van der Waals surface area contributed by atoms with Crippen molar-refractivity contribution >= 4 is 0 Å². The summed E-state index contributed by atoms with van der Waals surface area (Å²) in [5.74, 6) is 0.782. The second-order valence-corrected chi connectivity index (χ2v) is 5.15. The van der Waals surface area contributed by atoms with Gasteiger partial charge in [0.05, 0.1) is 0 Å². The van der Waals surface area contributed by atoms with Crippen LogP contribution in [0.25, 0.3) is 0 Å². The molecule has 0 aromatic heterocycles. The molecule has 0 bridgehead atoms. The topological polar surface area (TPSA) is 15.3 Å². The highest BCUT2D eigenvalue weighted by Crippen LogP contribution is 2.06. The standard InChI is InChI=1S/C13H30N2/c1-12(2)11-15(13(3)4)10-8-6-7-9-14-5/h12-14H,6-11H2,1-5H3. The summed E-state index contributed by atoms with van der Waals surface area (Å²) in [5, 5.41) is 3.20. The molecule has 0 aromatic rings. The molecule has 0 fully saturated rings. The van der Waals surface area contributed by atoms with Crippen molar-refractivity contribution in [3.63, 3.8) is 0 Å². The van der Waals surface area contributed by atoms with Gasteiger partial charge in [0.1, 0.15) is 0 Å². The Hall–Kier alpha value is -0.0800. The predicted octanol–water partition coefficient (Wildman–Crippen LogP) is 2.74. The Balaban J connectivity index is 3.58. The highest BCUT2D eigenvalue weighted by atomic mass is 15.1. The summed E-state index contributed by atoms with van der Waals surface area (Å²) in [6, 6.07) is 0.691. The van der Waals surface area contributed by atoms with E-state index < -0.39 is 0 Å². The van der Waals surface area contributed by atoms with Gasteiger partial charge in [-0.05, 0) is 52.7 Å². The van der Waals surface area contributed by atoms with Gasteiger partial charge in [-0.3, -0.25) is 0 Å². The number of unbranched alkanes of at least 4 members (excludes halogenated alkanes) is 2. The fourth-order valence-electron chi connectivity index (χ4n) is 1.82. The first-order valence-electron chi connectivity index (χ1n) is 6.46. The molecule has 0 rings (SSSR count). The van der Waals surface area contributed by atoms with Crippen LogP contribution in [0.1, 0.15) is 47.0 Å². The summed E-state index contributed by atoms with van der Waals surface area (Å²) in [6.07, 6.45) is 4.00. The van der Waals surface area contributed by atoms with Crippen LogP contribution in [0, 0.1) is 5.92 Å². The Labute approximate surface area is 96.4 Å². The third kappa shape index (κ3) is 8.88. The molecule has 2 heteroatoms. The third-order valence-electron chi connectivity index (χ3n) is 2.70. The van der Waals surface area contributed by atoms with E-state index in [1.807, 2.05) is 7.05 Å². The third-order valence-corrected chi connectivity index (χ3v) is 2.70. The van der Waals surface area contributed by atoms with E-state index >= 15 is 0 Å². The minimum Gasteiger partial charge on any atom is -0.320 e. The zero-order valence-electron chi connectivity index (χ0n) is 11.3. The second kappa shape index (κ2) is 9.17. The molecule has 1 N–H and O–H groups in total. The first-order valence-corrected chi connectivity index (χ1v) is 6.46. The molecule has 0 aliphatic carbocycles. The molecule has 0 aliphatic rings. The molecule has 0 atom stereocenters. The normalized spacial score (nSPS) is 12.0. The van der Waals surface area contributed by atoms with E-state index in [0.29, 0.717) is 6.04 Å². The second-order valence-electron chi connectivity index (χ2n) is 5.15. The molecule has 0 aromatic carbocycles. The van der Waals surface area contributed by atoms with Crippen LogP contribution in [0.15, 0.2) is 0 Å². The maximum Gasteiger partial charge on any atom is 0.00387 e. The van der Waals surface area contributed by atoms with Crippen molar-refractivity contribution < 1.29 is 0 Å². The van der Waals surface area contributed by atoms with Crippen molar-refractivity contribution in [3.05, 3.63) is 0 Å². The largest absolute Gasteiger partial charge is 0.320 e. The lowest BCUT2D eigenvalue weighted by Crippen LogP contribution is -2.35. The van der Waals surface area contributed by atoms with E-state index in [0.717, 1.165) is 12.5 Å². The Bertz CT molecular complexity index is 132. The first kappa shape index (κ1) is 14.9. The zero-order chi connectivity index (χ0) is 11.7. The Morgan fingerprint density at radius 2 is 1.67 bits per heavy atom. The molecule has 0 heterocycles. The SMILES string of the molecule is CNCCCCCN(CC(C)C)C(C)C. The lowest BCUT2D eigenvalue weighted by Gasteiger charge is -2.28. The molecule has 0 radical (unpaired) electrons. The van der Waals surface area contributed by atoms with Gasteiger partial charge in [0, 0.05) is 12.6 Å². The molecule has 0 spiro atoms. The van der Waals surface area contributed by atoms with Crippen LogP contribution < -0.4 is 5.32 Å². The Morgan fingerprint density at radius 1 is 1.00 bits per heavy atom. The average molecular weight is 214 g/mol. The smallest absolute Gasteiger partial charge is 0.00387 e. The van der Waals surface area contributed by atoms with Crippen LogP contribution in [0.4, 0.5) is 0 Å². The van der Waals surface area contributed by atoms with Crippen molar-refractivity contribution in [2.45, 2.75) is 53.0 Å². The number of rotatable bonds is 9. The van der Waals surface area contributed by atoms with Gasteiger partial charge in [-0.15, -0.1) is 0 Å². The van der Waals surface area contributed by atoms with Crippen molar-refractivity contribution in [1.29, 1.82) is 0 Å². The Morgan fingerprint density at radius 3 is 2.13 bits per heavy atom. The molecule has 92 valence electrons. The molecule has 15 heavy (non-hydrogen) atoms. The van der Waals surface area contributed by atoms with Gasteiger partial charge in [-0.2, -0.15) is 0 Å². The van der Waals surface area contributed by atoms with Crippen molar-refractivity contribution in [2.75, 3.05) is 26.7 Å². The molecular weight excluding hydrogens is 184 g/mol. The molecule has 0 unspecified atom stereocenters. The van der Waals surface area contributed by atoms with Crippen LogP contribution >= 0.6 is 0 Å². The lowest BCUT2D eigenvalue weighted by molar-refractivity contribution is 0.193. The summed E-state index contributed by atoms with van der Waals surface area (Å²) < 4.78 is 0. The molecule has 0 aliphatic heterocycles. The maximum atomic E-state index is 3.20. The minimum atomic E-state index is 0.691. The fourth-order valence-corrected chi connectivity index (χ4v) is 1.82. The maximum absolute atomic E-state index is 3.20. The molecule has 0 saturated heterocycles. The predicted molar refractivity (Wildman–Crippen MR) is 69.3 cm³/mol. The van der Waals surface area contributed by atoms with E-state index in [-0.39, 0.29) is 0 Å². The fraction of sp³-hybridized carbons (Fsp3) is 1.00. The van der Waals surface area contributed by atoms with Gasteiger partial charge in [0.15, 0.2) is 0 Å². The highest BCUT2D eigenvalue weighted by Gasteiger charge is 2.10. The van der Waals surface area contributed by atoms with E-state index in [1.165, 1.54) is 32.4 Å². The van der Waals surface area contributed by atoms with Gasteiger partial charge in [-0.1, -0.05) is 20.3 Å². The van der Waals surface area contributed by atoms with Crippen molar-refractivity contribution in [3.8, 4) is 0 Å². The molecule has 0 saturated carbocycles. The Kier molecular flexibility index (Phi) is 9.12. The monoisotopic (exact) mass is 214 g/mol. The van der Waals surface area contributed by atoms with Gasteiger partial charge < -0.3 is 10.2 Å². The minimum absolute atomic E-state index is 0.691. The van der Waals surface area contributed by atoms with Crippen LogP contribution in [0.5, 0.6) is 0 Å². The number of nitrogens with one attached hydrogen (secondary N) is 1.